The van der Waals surface area contributed by atoms with Crippen molar-refractivity contribution in [3.05, 3.63) is 71.4 Å². The molecule has 1 aromatic heterocycles. The van der Waals surface area contributed by atoms with Crippen molar-refractivity contribution in [2.24, 2.45) is 0 Å². The van der Waals surface area contributed by atoms with Crippen LogP contribution in [0.25, 0.3) is 10.9 Å². The Morgan fingerprint density at radius 1 is 1.05 bits per heavy atom. The van der Waals surface area contributed by atoms with Gasteiger partial charge >= 0.3 is 0 Å². The minimum absolute atomic E-state index is 0.115. The van der Waals surface area contributed by atoms with Gasteiger partial charge in [0.25, 0.3) is 0 Å². The molecule has 0 N–H and O–H groups in total. The molecule has 0 aliphatic heterocycles. The van der Waals surface area contributed by atoms with Crippen LogP contribution in [0, 0.1) is 6.92 Å². The van der Waals surface area contributed by atoms with E-state index in [0.29, 0.717) is 0 Å². The molecule has 0 saturated carbocycles. The molecule has 0 amide bonds. The minimum Gasteiger partial charge on any atom is -0.342 e. The molecule has 0 aliphatic carbocycles. The Bertz CT molecular complexity index is 766. The van der Waals surface area contributed by atoms with Crippen LogP contribution >= 0.6 is 0 Å². The first-order valence-electron chi connectivity index (χ1n) is 6.79. The third-order valence-electron chi connectivity index (χ3n) is 3.64. The maximum Gasteiger partial charge on any atom is 0.161 e. The van der Waals surface area contributed by atoms with E-state index in [1.165, 1.54) is 11.1 Å². The highest BCUT2D eigenvalue weighted by Crippen LogP contribution is 2.22. The lowest BCUT2D eigenvalue weighted by atomic mass is 10.1. The molecule has 0 radical (unpaired) electrons. The van der Waals surface area contributed by atoms with Gasteiger partial charge in [-0.1, -0.05) is 48.0 Å². The van der Waals surface area contributed by atoms with Gasteiger partial charge in [-0.15, -0.1) is 0 Å². The molecule has 0 fully saturated rings. The molecule has 2 nitrogen and oxygen atoms in total. The van der Waals surface area contributed by atoms with Crippen LogP contribution in [0.3, 0.4) is 0 Å². The van der Waals surface area contributed by atoms with Crippen LogP contribution in [0.2, 0.25) is 0 Å². The number of aromatic nitrogens is 1. The summed E-state index contributed by atoms with van der Waals surface area (Å²) in [6.07, 6.45) is 1.97. The quantitative estimate of drug-likeness (QED) is 0.649. The van der Waals surface area contributed by atoms with Crippen LogP contribution in [-0.2, 0) is 6.54 Å². The Morgan fingerprint density at radius 2 is 1.75 bits per heavy atom. The number of hydrogen-bond donors (Lipinski definition) is 0. The van der Waals surface area contributed by atoms with Gasteiger partial charge in [-0.05, 0) is 25.5 Å². The summed E-state index contributed by atoms with van der Waals surface area (Å²) in [5, 5.41) is 1.03. The van der Waals surface area contributed by atoms with Gasteiger partial charge in [-0.2, -0.15) is 0 Å². The molecule has 2 heteroatoms. The van der Waals surface area contributed by atoms with Crippen molar-refractivity contribution in [1.82, 2.24) is 4.57 Å². The Labute approximate surface area is 118 Å². The largest absolute Gasteiger partial charge is 0.342 e. The Kier molecular flexibility index (Phi) is 3.15. The first-order valence-corrected chi connectivity index (χ1v) is 6.79. The first-order chi connectivity index (χ1) is 9.65. The monoisotopic (exact) mass is 263 g/mol. The van der Waals surface area contributed by atoms with Gasteiger partial charge in [0.2, 0.25) is 0 Å². The van der Waals surface area contributed by atoms with Crippen LogP contribution in [0.1, 0.15) is 28.4 Å². The fourth-order valence-corrected chi connectivity index (χ4v) is 2.55. The number of nitrogens with zero attached hydrogens (tertiary/aromatic N) is 1. The van der Waals surface area contributed by atoms with E-state index < -0.39 is 0 Å². The van der Waals surface area contributed by atoms with Crippen molar-refractivity contribution in [2.45, 2.75) is 20.4 Å². The molecule has 0 unspecified atom stereocenters. The molecular weight excluding hydrogens is 246 g/mol. The second-order valence-corrected chi connectivity index (χ2v) is 5.23. The van der Waals surface area contributed by atoms with E-state index in [1.807, 2.05) is 24.4 Å². The Balaban J connectivity index is 2.07. The fourth-order valence-electron chi connectivity index (χ4n) is 2.55. The standard InChI is InChI=1S/C18H17NO/c1-13-7-9-15(10-8-13)11-19-12-17(14(2)20)16-5-3-4-6-18(16)19/h3-10,12H,11H2,1-2H3. The van der Waals surface area contributed by atoms with Crippen molar-refractivity contribution < 1.29 is 4.79 Å². The van der Waals surface area contributed by atoms with Crippen LogP contribution < -0.4 is 0 Å². The number of rotatable bonds is 3. The van der Waals surface area contributed by atoms with Crippen LogP contribution in [0.5, 0.6) is 0 Å². The average Bonchev–Trinajstić information content (AvgIpc) is 2.81. The molecule has 0 bridgehead atoms. The fraction of sp³-hybridized carbons (Fsp3) is 0.167. The van der Waals surface area contributed by atoms with Gasteiger partial charge < -0.3 is 4.57 Å². The molecule has 100 valence electrons. The summed E-state index contributed by atoms with van der Waals surface area (Å²) in [6, 6.07) is 16.6. The van der Waals surface area contributed by atoms with Crippen molar-refractivity contribution in [2.75, 3.05) is 0 Å². The lowest BCUT2D eigenvalue weighted by molar-refractivity contribution is 0.101. The normalized spacial score (nSPS) is 10.9. The zero-order chi connectivity index (χ0) is 14.1. The summed E-state index contributed by atoms with van der Waals surface area (Å²) in [5.74, 6) is 0.115. The van der Waals surface area contributed by atoms with Crippen LogP contribution in [-0.4, -0.2) is 10.4 Å². The van der Waals surface area contributed by atoms with E-state index in [2.05, 4.69) is 41.8 Å². The predicted octanol–water partition coefficient (Wildman–Crippen LogP) is 4.20. The number of para-hydroxylation sites is 1. The number of ketones is 1. The molecule has 3 rings (SSSR count). The second kappa shape index (κ2) is 4.97. The number of hydrogen-bond acceptors (Lipinski definition) is 1. The SMILES string of the molecule is CC(=O)c1cn(Cc2ccc(C)cc2)c2ccccc12. The average molecular weight is 263 g/mol. The maximum atomic E-state index is 11.8. The molecule has 2 aromatic carbocycles. The third kappa shape index (κ3) is 2.25. The highest BCUT2D eigenvalue weighted by molar-refractivity contribution is 6.06. The van der Waals surface area contributed by atoms with Crippen molar-refractivity contribution in [3.8, 4) is 0 Å². The molecule has 3 aromatic rings. The van der Waals surface area contributed by atoms with E-state index in [0.717, 1.165) is 23.0 Å². The summed E-state index contributed by atoms with van der Waals surface area (Å²) in [7, 11) is 0. The minimum atomic E-state index is 0.115. The summed E-state index contributed by atoms with van der Waals surface area (Å²) in [5.41, 5.74) is 4.41. The van der Waals surface area contributed by atoms with Gasteiger partial charge in [0.15, 0.2) is 5.78 Å². The van der Waals surface area contributed by atoms with Gasteiger partial charge in [-0.25, -0.2) is 0 Å². The van der Waals surface area contributed by atoms with Crippen molar-refractivity contribution in [3.63, 3.8) is 0 Å². The molecule has 0 saturated heterocycles. The zero-order valence-corrected chi connectivity index (χ0v) is 11.8. The lowest BCUT2D eigenvalue weighted by Crippen LogP contribution is -1.98. The Hall–Kier alpha value is -2.35. The maximum absolute atomic E-state index is 11.8. The highest BCUT2D eigenvalue weighted by Gasteiger charge is 2.11. The van der Waals surface area contributed by atoms with Gasteiger partial charge in [0, 0.05) is 29.2 Å². The van der Waals surface area contributed by atoms with Crippen LogP contribution in [0.15, 0.2) is 54.7 Å². The van der Waals surface area contributed by atoms with Gasteiger partial charge in [-0.3, -0.25) is 4.79 Å². The number of benzene rings is 2. The first kappa shape index (κ1) is 12.7. The van der Waals surface area contributed by atoms with E-state index >= 15 is 0 Å². The topological polar surface area (TPSA) is 22.0 Å². The molecule has 0 aliphatic rings. The number of fused-ring (bicyclic) bond motifs is 1. The van der Waals surface area contributed by atoms with E-state index in [4.69, 9.17) is 0 Å². The van der Waals surface area contributed by atoms with Crippen LogP contribution in [0.4, 0.5) is 0 Å². The molecule has 0 atom stereocenters. The molecule has 20 heavy (non-hydrogen) atoms. The smallest absolute Gasteiger partial charge is 0.161 e. The van der Waals surface area contributed by atoms with Crippen molar-refractivity contribution in [1.29, 1.82) is 0 Å². The molecule has 0 spiro atoms. The summed E-state index contributed by atoms with van der Waals surface area (Å²) in [4.78, 5) is 11.8. The predicted molar refractivity (Wildman–Crippen MR) is 82.2 cm³/mol. The zero-order valence-electron chi connectivity index (χ0n) is 11.8. The third-order valence-corrected chi connectivity index (χ3v) is 3.64. The van der Waals surface area contributed by atoms with E-state index in [9.17, 15) is 4.79 Å². The van der Waals surface area contributed by atoms with Gasteiger partial charge in [0.1, 0.15) is 0 Å². The van der Waals surface area contributed by atoms with E-state index in [1.54, 1.807) is 6.92 Å². The number of carbonyl (C=O) groups excluding carboxylic acids is 1. The Morgan fingerprint density at radius 3 is 2.45 bits per heavy atom. The number of aryl methyl sites for hydroxylation is 1. The molecular formula is C18H17NO. The van der Waals surface area contributed by atoms with E-state index in [-0.39, 0.29) is 5.78 Å². The molecule has 1 heterocycles. The summed E-state index contributed by atoms with van der Waals surface area (Å²) >= 11 is 0. The summed E-state index contributed by atoms with van der Waals surface area (Å²) in [6.45, 7) is 4.49. The highest BCUT2D eigenvalue weighted by atomic mass is 16.1. The lowest BCUT2D eigenvalue weighted by Gasteiger charge is -2.05. The van der Waals surface area contributed by atoms with Crippen molar-refractivity contribution >= 4 is 16.7 Å². The number of Topliss-reactive ketones (excluding diaryl/α,β-unsaturated/α-hetero) is 1. The number of carbonyl (C=O) groups is 1. The summed E-state index contributed by atoms with van der Waals surface area (Å²) < 4.78 is 2.15. The second-order valence-electron chi connectivity index (χ2n) is 5.23. The van der Waals surface area contributed by atoms with Gasteiger partial charge in [0.05, 0.1) is 0 Å².